The molecule has 29 heavy (non-hydrogen) atoms. The number of hydrogen-bond acceptors (Lipinski definition) is 3. The van der Waals surface area contributed by atoms with Crippen molar-refractivity contribution in [3.05, 3.63) is 83.0 Å². The monoisotopic (exact) mass is 396 g/mol. The van der Waals surface area contributed by atoms with E-state index in [0.717, 1.165) is 24.8 Å². The van der Waals surface area contributed by atoms with E-state index in [1.54, 1.807) is 0 Å². The minimum atomic E-state index is -0.564. The molecule has 1 aromatic carbocycles. The molecule has 0 spiro atoms. The van der Waals surface area contributed by atoms with Gasteiger partial charge in [-0.2, -0.15) is 0 Å². The molecule has 0 saturated heterocycles. The summed E-state index contributed by atoms with van der Waals surface area (Å²) in [5, 5.41) is 2.74. The van der Waals surface area contributed by atoms with Crippen molar-refractivity contribution in [1.82, 2.24) is 10.3 Å². The van der Waals surface area contributed by atoms with Crippen molar-refractivity contribution in [2.45, 2.75) is 46.1 Å². The zero-order valence-corrected chi connectivity index (χ0v) is 17.4. The van der Waals surface area contributed by atoms with E-state index in [4.69, 9.17) is 4.74 Å². The number of amides is 1. The number of nitrogens with one attached hydrogen (secondary N) is 1. The Labute approximate surface area is 172 Å². The molecule has 2 rings (SSSR count). The number of carbonyl (C=O) groups is 1. The summed E-state index contributed by atoms with van der Waals surface area (Å²) < 4.78 is 19.2. The molecule has 0 saturated carbocycles. The van der Waals surface area contributed by atoms with E-state index in [9.17, 15) is 9.18 Å². The Balaban J connectivity index is 2.03. The lowest BCUT2D eigenvalue weighted by atomic mass is 10.0. The van der Waals surface area contributed by atoms with Crippen molar-refractivity contribution in [3.63, 3.8) is 0 Å². The Bertz CT molecular complexity index is 873. The summed E-state index contributed by atoms with van der Waals surface area (Å²) in [4.78, 5) is 16.7. The summed E-state index contributed by atoms with van der Waals surface area (Å²) in [7, 11) is 1.39. The Kier molecular flexibility index (Phi) is 8.59. The van der Waals surface area contributed by atoms with E-state index < -0.39 is 5.82 Å². The summed E-state index contributed by atoms with van der Waals surface area (Å²) in [5.74, 6) is -0.736. The van der Waals surface area contributed by atoms with Gasteiger partial charge in [0.15, 0.2) is 11.6 Å². The number of pyridine rings is 1. The first kappa shape index (κ1) is 22.3. The third kappa shape index (κ3) is 6.28. The van der Waals surface area contributed by atoms with E-state index in [0.29, 0.717) is 12.0 Å². The number of hydrogen-bond donors (Lipinski definition) is 1. The molecule has 0 bridgehead atoms. The quantitative estimate of drug-likeness (QED) is 0.457. The van der Waals surface area contributed by atoms with Gasteiger partial charge in [-0.15, -0.1) is 0 Å². The zero-order valence-electron chi connectivity index (χ0n) is 17.4. The smallest absolute Gasteiger partial charge is 0.251 e. The van der Waals surface area contributed by atoms with Gasteiger partial charge < -0.3 is 10.1 Å². The Morgan fingerprint density at radius 2 is 1.90 bits per heavy atom. The minimum absolute atomic E-state index is 0.0192. The van der Waals surface area contributed by atoms with Crippen LogP contribution in [0, 0.1) is 5.82 Å². The molecule has 0 unspecified atom stereocenters. The third-order valence-electron chi connectivity index (χ3n) is 4.83. The zero-order chi connectivity index (χ0) is 21.2. The van der Waals surface area contributed by atoms with Crippen LogP contribution < -0.4 is 10.1 Å². The van der Waals surface area contributed by atoms with Crippen LogP contribution in [0.4, 0.5) is 4.39 Å². The molecule has 1 N–H and O–H groups in total. The number of carbonyl (C=O) groups excluding carboxylic acids is 1. The van der Waals surface area contributed by atoms with Gasteiger partial charge in [0.2, 0.25) is 0 Å². The number of halogens is 1. The fourth-order valence-corrected chi connectivity index (χ4v) is 2.92. The van der Waals surface area contributed by atoms with Gasteiger partial charge in [-0.05, 0) is 42.4 Å². The summed E-state index contributed by atoms with van der Waals surface area (Å²) >= 11 is 0. The van der Waals surface area contributed by atoms with Gasteiger partial charge in [-0.3, -0.25) is 9.78 Å². The van der Waals surface area contributed by atoms with E-state index >= 15 is 0 Å². The van der Waals surface area contributed by atoms with E-state index in [1.807, 2.05) is 13.0 Å². The molecule has 1 heterocycles. The Morgan fingerprint density at radius 1 is 1.21 bits per heavy atom. The van der Waals surface area contributed by atoms with E-state index in [2.05, 4.69) is 48.1 Å². The number of rotatable bonds is 10. The second-order valence-electron chi connectivity index (χ2n) is 6.74. The van der Waals surface area contributed by atoms with Crippen molar-refractivity contribution in [2.75, 3.05) is 7.11 Å². The average Bonchev–Trinajstić information content (AvgIpc) is 2.75. The minimum Gasteiger partial charge on any atom is -0.494 e. The predicted molar refractivity (Wildman–Crippen MR) is 114 cm³/mol. The molecule has 0 radical (unpaired) electrons. The van der Waals surface area contributed by atoms with Gasteiger partial charge in [0.05, 0.1) is 19.3 Å². The standard InChI is InChI=1S/C24H29FN2O2/c1-5-17(3)20(9-7-8-19-12-10-18(6-2)11-13-19)24(28)27-16-21-23(25)22(29-4)14-15-26-21/h9-15H,3,5-8,16H2,1-2,4H3,(H,27,28)/b20-9+. The van der Waals surface area contributed by atoms with Crippen molar-refractivity contribution in [1.29, 1.82) is 0 Å². The summed E-state index contributed by atoms with van der Waals surface area (Å²) in [6.07, 6.45) is 6.60. The largest absolute Gasteiger partial charge is 0.494 e. The maximum atomic E-state index is 14.2. The number of benzene rings is 1. The second-order valence-corrected chi connectivity index (χ2v) is 6.74. The highest BCUT2D eigenvalue weighted by Gasteiger charge is 2.15. The molecule has 5 heteroatoms. The lowest BCUT2D eigenvalue weighted by Gasteiger charge is -2.12. The number of allylic oxidation sites excluding steroid dienone is 1. The first-order valence-electron chi connectivity index (χ1n) is 9.91. The van der Waals surface area contributed by atoms with Crippen LogP contribution in [-0.4, -0.2) is 18.0 Å². The van der Waals surface area contributed by atoms with E-state index in [-0.39, 0.29) is 23.9 Å². The Hall–Kier alpha value is -2.95. The topological polar surface area (TPSA) is 51.2 Å². The highest BCUT2D eigenvalue weighted by Crippen LogP contribution is 2.19. The summed E-state index contributed by atoms with van der Waals surface area (Å²) in [6, 6.07) is 9.95. The molecular weight excluding hydrogens is 367 g/mol. The van der Waals surface area contributed by atoms with Gasteiger partial charge >= 0.3 is 0 Å². The predicted octanol–water partition coefficient (Wildman–Crippen LogP) is 4.93. The van der Waals surface area contributed by atoms with Gasteiger partial charge in [0.1, 0.15) is 0 Å². The van der Waals surface area contributed by atoms with Crippen LogP contribution in [0.3, 0.4) is 0 Å². The highest BCUT2D eigenvalue weighted by molar-refractivity contribution is 5.97. The van der Waals surface area contributed by atoms with E-state index in [1.165, 1.54) is 30.5 Å². The second kappa shape index (κ2) is 11.1. The molecule has 2 aromatic rings. The number of ether oxygens (including phenoxy) is 1. The van der Waals surface area contributed by atoms with Gasteiger partial charge in [-0.1, -0.05) is 50.8 Å². The van der Waals surface area contributed by atoms with Crippen LogP contribution in [0.5, 0.6) is 5.75 Å². The summed E-state index contributed by atoms with van der Waals surface area (Å²) in [6.45, 7) is 8.07. The lowest BCUT2D eigenvalue weighted by Crippen LogP contribution is -2.26. The highest BCUT2D eigenvalue weighted by atomic mass is 19.1. The summed E-state index contributed by atoms with van der Waals surface area (Å²) in [5.41, 5.74) is 3.96. The van der Waals surface area contributed by atoms with Gasteiger partial charge in [0, 0.05) is 17.8 Å². The van der Waals surface area contributed by atoms with Crippen LogP contribution in [0.2, 0.25) is 0 Å². The maximum absolute atomic E-state index is 14.2. The average molecular weight is 397 g/mol. The fourth-order valence-electron chi connectivity index (χ4n) is 2.92. The SMILES string of the molecule is C=C(CC)/C(=C\CCc1ccc(CC)cc1)C(=O)NCc1nccc(OC)c1F. The van der Waals surface area contributed by atoms with Crippen LogP contribution in [0.25, 0.3) is 0 Å². The Morgan fingerprint density at radius 3 is 2.52 bits per heavy atom. The third-order valence-corrected chi connectivity index (χ3v) is 4.83. The van der Waals surface area contributed by atoms with Crippen molar-refractivity contribution in [3.8, 4) is 5.75 Å². The fraction of sp³-hybridized carbons (Fsp3) is 0.333. The molecule has 0 aliphatic heterocycles. The first-order valence-corrected chi connectivity index (χ1v) is 9.91. The van der Waals surface area contributed by atoms with Crippen LogP contribution >= 0.6 is 0 Å². The molecule has 0 fully saturated rings. The molecular formula is C24H29FN2O2. The molecule has 1 aromatic heterocycles. The number of aromatic nitrogens is 1. The molecule has 0 aliphatic rings. The van der Waals surface area contributed by atoms with Crippen molar-refractivity contribution >= 4 is 5.91 Å². The first-order chi connectivity index (χ1) is 14.0. The number of nitrogens with zero attached hydrogens (tertiary/aromatic N) is 1. The van der Waals surface area contributed by atoms with Gasteiger partial charge in [-0.25, -0.2) is 4.39 Å². The maximum Gasteiger partial charge on any atom is 0.251 e. The molecule has 0 atom stereocenters. The molecule has 0 aliphatic carbocycles. The molecule has 154 valence electrons. The molecule has 4 nitrogen and oxygen atoms in total. The van der Waals surface area contributed by atoms with Gasteiger partial charge in [0.25, 0.3) is 5.91 Å². The van der Waals surface area contributed by atoms with Crippen molar-refractivity contribution in [2.24, 2.45) is 0 Å². The van der Waals surface area contributed by atoms with Crippen molar-refractivity contribution < 1.29 is 13.9 Å². The van der Waals surface area contributed by atoms with Crippen LogP contribution in [0.1, 0.15) is 43.5 Å². The van der Waals surface area contributed by atoms with Crippen LogP contribution in [-0.2, 0) is 24.2 Å². The van der Waals surface area contributed by atoms with Crippen LogP contribution in [0.15, 0.2) is 60.3 Å². The molecule has 1 amide bonds. The number of aryl methyl sites for hydroxylation is 2. The lowest BCUT2D eigenvalue weighted by molar-refractivity contribution is -0.117. The number of methoxy groups -OCH3 is 1. The normalized spacial score (nSPS) is 11.2.